The third kappa shape index (κ3) is 11.1. The van der Waals surface area contributed by atoms with Crippen molar-refractivity contribution in [1.29, 1.82) is 0 Å². The number of carbonyl (C=O) groups is 1. The van der Waals surface area contributed by atoms with Gasteiger partial charge in [0.15, 0.2) is 6.29 Å². The first kappa shape index (κ1) is 30.4. The Morgan fingerprint density at radius 1 is 1.06 bits per heavy atom. The third-order valence-corrected chi connectivity index (χ3v) is 5.07. The average molecular weight is 522 g/mol. The predicted molar refractivity (Wildman–Crippen MR) is 123 cm³/mol. The number of nitrogens with one attached hydrogen (secondary N) is 1. The molecule has 0 radical (unpaired) electrons. The largest absolute Gasteiger partial charge is 0.394 e. The Bertz CT molecular complexity index is 727. The fourth-order valence-corrected chi connectivity index (χ4v) is 3.31. The van der Waals surface area contributed by atoms with Gasteiger partial charge in [0.25, 0.3) is 0 Å². The molecule has 2 heterocycles. The van der Waals surface area contributed by atoms with Crippen molar-refractivity contribution in [3.63, 3.8) is 0 Å². The molecule has 2 rings (SSSR count). The maximum absolute atomic E-state index is 11.4. The zero-order valence-corrected chi connectivity index (χ0v) is 20.6. The van der Waals surface area contributed by atoms with E-state index in [1.165, 1.54) is 6.92 Å². The van der Waals surface area contributed by atoms with Gasteiger partial charge in [0.1, 0.15) is 30.0 Å². The highest BCUT2D eigenvalue weighted by Gasteiger charge is 2.45. The summed E-state index contributed by atoms with van der Waals surface area (Å²) < 4.78 is 34.4. The summed E-state index contributed by atoms with van der Waals surface area (Å²) in [6.07, 6.45) is -2.99. The van der Waals surface area contributed by atoms with E-state index in [1.807, 2.05) is 0 Å². The van der Waals surface area contributed by atoms with Crippen molar-refractivity contribution >= 4 is 5.91 Å². The van der Waals surface area contributed by atoms with Crippen molar-refractivity contribution in [3.8, 4) is 0 Å². The van der Waals surface area contributed by atoms with Crippen LogP contribution in [0.5, 0.6) is 0 Å². The molecule has 1 aliphatic heterocycles. The zero-order valence-electron chi connectivity index (χ0n) is 20.6. The molecule has 0 saturated carbocycles. The summed E-state index contributed by atoms with van der Waals surface area (Å²) in [5.41, 5.74) is 6.08. The van der Waals surface area contributed by atoms with Crippen LogP contribution in [0.1, 0.15) is 12.6 Å². The number of aliphatic hydroxyl groups excluding tert-OH is 3. The lowest BCUT2D eigenvalue weighted by Crippen LogP contribution is -2.64. The molecule has 15 nitrogen and oxygen atoms in total. The first-order chi connectivity index (χ1) is 17.5. The summed E-state index contributed by atoms with van der Waals surface area (Å²) in [6, 6.07) is -0.983. The fraction of sp³-hybridized carbons (Fsp3) is 0.857. The van der Waals surface area contributed by atoms with Gasteiger partial charge in [0, 0.05) is 13.5 Å². The highest BCUT2D eigenvalue weighted by molar-refractivity contribution is 5.73. The number of nitrogens with two attached hydrogens (primary N) is 1. The number of nitrogens with zero attached hydrogens (tertiary/aromatic N) is 3. The monoisotopic (exact) mass is 521 g/mol. The van der Waals surface area contributed by atoms with Gasteiger partial charge in [0.05, 0.1) is 78.8 Å². The van der Waals surface area contributed by atoms with Crippen LogP contribution in [0, 0.1) is 0 Å². The van der Waals surface area contributed by atoms with Crippen molar-refractivity contribution in [3.05, 3.63) is 11.9 Å². The number of aliphatic hydroxyl groups is 3. The van der Waals surface area contributed by atoms with E-state index in [4.69, 9.17) is 34.2 Å². The summed E-state index contributed by atoms with van der Waals surface area (Å²) in [5, 5.41) is 40.0. The van der Waals surface area contributed by atoms with Gasteiger partial charge in [-0.3, -0.25) is 4.79 Å². The third-order valence-electron chi connectivity index (χ3n) is 5.07. The van der Waals surface area contributed by atoms with Gasteiger partial charge in [-0.05, 0) is 0 Å². The lowest BCUT2D eigenvalue weighted by molar-refractivity contribution is -0.272. The van der Waals surface area contributed by atoms with Gasteiger partial charge in [-0.2, -0.15) is 0 Å². The van der Waals surface area contributed by atoms with Gasteiger partial charge in [-0.25, -0.2) is 4.68 Å². The fourth-order valence-electron chi connectivity index (χ4n) is 3.31. The SMILES string of the molecule is CC(=O)NC1[C@H](OCCOCCOCCOCc2cn(CCOCCN)nn2)OC(CO)[C@@H](O)[C@@H]1O. The molecule has 1 aliphatic rings. The lowest BCUT2D eigenvalue weighted by Gasteiger charge is -2.42. The van der Waals surface area contributed by atoms with Crippen LogP contribution in [-0.4, -0.2) is 133 Å². The van der Waals surface area contributed by atoms with Crippen LogP contribution in [0.15, 0.2) is 6.20 Å². The van der Waals surface area contributed by atoms with Crippen LogP contribution in [0.4, 0.5) is 0 Å². The summed E-state index contributed by atoms with van der Waals surface area (Å²) in [7, 11) is 0. The first-order valence-corrected chi connectivity index (χ1v) is 11.9. The molecule has 2 unspecified atom stereocenters. The second-order valence-corrected chi connectivity index (χ2v) is 7.96. The second-order valence-electron chi connectivity index (χ2n) is 7.96. The van der Waals surface area contributed by atoms with Crippen molar-refractivity contribution < 1.29 is 48.5 Å². The summed E-state index contributed by atoms with van der Waals surface area (Å²) in [6.45, 7) is 4.98. The molecule has 6 N–H and O–H groups in total. The molecule has 5 atom stereocenters. The van der Waals surface area contributed by atoms with E-state index < -0.39 is 43.2 Å². The first-order valence-electron chi connectivity index (χ1n) is 11.9. The molecule has 15 heteroatoms. The van der Waals surface area contributed by atoms with Crippen molar-refractivity contribution in [1.82, 2.24) is 20.3 Å². The molecule has 1 aromatic rings. The molecule has 1 aromatic heterocycles. The molecule has 208 valence electrons. The molecule has 0 aliphatic carbocycles. The molecule has 1 amide bonds. The topological polar surface area (TPSA) is 202 Å². The molecule has 1 fully saturated rings. The summed E-state index contributed by atoms with van der Waals surface area (Å²) in [5.74, 6) is -0.418. The van der Waals surface area contributed by atoms with Gasteiger partial charge >= 0.3 is 0 Å². The minimum absolute atomic E-state index is 0.102. The lowest BCUT2D eigenvalue weighted by atomic mass is 9.97. The van der Waals surface area contributed by atoms with Crippen LogP contribution in [0.2, 0.25) is 0 Å². The van der Waals surface area contributed by atoms with Crippen LogP contribution in [0.25, 0.3) is 0 Å². The number of aromatic nitrogens is 3. The van der Waals surface area contributed by atoms with E-state index in [0.29, 0.717) is 65.0 Å². The molecule has 36 heavy (non-hydrogen) atoms. The number of rotatable bonds is 19. The highest BCUT2D eigenvalue weighted by Crippen LogP contribution is 2.22. The number of carbonyl (C=O) groups excluding carboxylic acids is 1. The summed E-state index contributed by atoms with van der Waals surface area (Å²) >= 11 is 0. The number of hydrogen-bond acceptors (Lipinski definition) is 13. The van der Waals surface area contributed by atoms with Gasteiger partial charge in [0.2, 0.25) is 5.91 Å². The Morgan fingerprint density at radius 3 is 2.39 bits per heavy atom. The molecule has 1 saturated heterocycles. The van der Waals surface area contributed by atoms with E-state index in [2.05, 4.69) is 15.6 Å². The van der Waals surface area contributed by atoms with Crippen LogP contribution < -0.4 is 11.1 Å². The molecule has 0 bridgehead atoms. The van der Waals surface area contributed by atoms with Crippen LogP contribution >= 0.6 is 0 Å². The van der Waals surface area contributed by atoms with E-state index >= 15 is 0 Å². The number of amides is 1. The Kier molecular flexibility index (Phi) is 14.9. The Balaban J connectivity index is 1.49. The van der Waals surface area contributed by atoms with Crippen molar-refractivity contribution in [2.24, 2.45) is 5.73 Å². The maximum atomic E-state index is 11.4. The highest BCUT2D eigenvalue weighted by atomic mass is 16.7. The molecular weight excluding hydrogens is 482 g/mol. The normalized spacial score (nSPS) is 24.2. The quantitative estimate of drug-likeness (QED) is 0.114. The Morgan fingerprint density at radius 2 is 1.72 bits per heavy atom. The van der Waals surface area contributed by atoms with Gasteiger partial charge < -0.3 is 54.8 Å². The Labute approximate surface area is 209 Å². The molecular formula is C21H39N5O10. The molecule has 0 spiro atoms. The van der Waals surface area contributed by atoms with Crippen molar-refractivity contribution in [2.45, 2.75) is 50.7 Å². The number of ether oxygens (including phenoxy) is 6. The van der Waals surface area contributed by atoms with Crippen LogP contribution in [0.3, 0.4) is 0 Å². The average Bonchev–Trinajstić information content (AvgIpc) is 3.31. The van der Waals surface area contributed by atoms with E-state index in [0.717, 1.165) is 0 Å². The number of hydrogen-bond donors (Lipinski definition) is 5. The second kappa shape index (κ2) is 17.6. The Hall–Kier alpha value is -1.79. The standard InChI is InChI=1S/C21H39N5O10/c1-15(28)23-18-20(30)19(29)17(13-27)36-21(18)35-11-10-33-7-6-32-8-9-34-14-16-12-26(25-24-16)3-5-31-4-2-22/h12,17-21,27,29-30H,2-11,13-14,22H2,1H3,(H,23,28)/t17?,18?,19-,20-,21-/m1/s1. The van der Waals surface area contributed by atoms with E-state index in [9.17, 15) is 20.1 Å². The summed E-state index contributed by atoms with van der Waals surface area (Å²) in [4.78, 5) is 11.4. The van der Waals surface area contributed by atoms with Crippen molar-refractivity contribution in [2.75, 3.05) is 66.0 Å². The minimum Gasteiger partial charge on any atom is -0.394 e. The van der Waals surface area contributed by atoms with E-state index in [1.54, 1.807) is 10.9 Å². The minimum atomic E-state index is -1.36. The van der Waals surface area contributed by atoms with E-state index in [-0.39, 0.29) is 13.2 Å². The zero-order chi connectivity index (χ0) is 26.2. The van der Waals surface area contributed by atoms with Gasteiger partial charge in [-0.1, -0.05) is 5.21 Å². The van der Waals surface area contributed by atoms with Gasteiger partial charge in [-0.15, -0.1) is 5.10 Å². The maximum Gasteiger partial charge on any atom is 0.217 e. The molecule has 0 aromatic carbocycles. The smallest absolute Gasteiger partial charge is 0.217 e. The predicted octanol–water partition coefficient (Wildman–Crippen LogP) is -3.24. The van der Waals surface area contributed by atoms with Crippen LogP contribution in [-0.2, 0) is 46.4 Å².